The number of alkyl carbamates (subject to hydrolysis) is 1. The zero-order chi connectivity index (χ0) is 40.5. The van der Waals surface area contributed by atoms with Crippen molar-refractivity contribution in [3.8, 4) is 22.6 Å². The van der Waals surface area contributed by atoms with E-state index < -0.39 is 82.5 Å². The number of alkyl halides is 3. The summed E-state index contributed by atoms with van der Waals surface area (Å²) in [5.74, 6) is -2.60. The van der Waals surface area contributed by atoms with E-state index in [-0.39, 0.29) is 37.4 Å². The van der Waals surface area contributed by atoms with Gasteiger partial charge in [0.2, 0.25) is 0 Å². The summed E-state index contributed by atoms with van der Waals surface area (Å²) < 4.78 is 95.4. The molecular weight excluding hydrogens is 733 g/mol. The maximum absolute atomic E-state index is 15.6. The number of methoxy groups -OCH3 is 1. The van der Waals surface area contributed by atoms with E-state index in [2.05, 4.69) is 5.32 Å². The number of ether oxygens (including phenoxy) is 4. The minimum Gasteiger partial charge on any atom is -0.494 e. The molecular formula is C39H42F5N3O8. The van der Waals surface area contributed by atoms with Gasteiger partial charge >= 0.3 is 23.9 Å². The highest BCUT2D eigenvalue weighted by Crippen LogP contribution is 2.34. The predicted octanol–water partition coefficient (Wildman–Crippen LogP) is 7.41. The van der Waals surface area contributed by atoms with Crippen LogP contribution in [0.4, 0.5) is 26.7 Å². The summed E-state index contributed by atoms with van der Waals surface area (Å²) in [6.45, 7) is 5.49. The lowest BCUT2D eigenvalue weighted by atomic mass is 10.0. The van der Waals surface area contributed by atoms with E-state index >= 15 is 8.78 Å². The maximum atomic E-state index is 15.6. The number of halogens is 5. The molecule has 0 aliphatic rings. The normalized spacial score (nSPS) is 12.2. The number of esters is 1. The Bertz CT molecular complexity index is 2110. The fraction of sp³-hybridized carbons (Fsp3) is 0.385. The van der Waals surface area contributed by atoms with Crippen molar-refractivity contribution in [2.75, 3.05) is 20.3 Å². The van der Waals surface area contributed by atoms with Gasteiger partial charge in [-0.25, -0.2) is 18.4 Å². The first kappa shape index (κ1) is 42.1. The molecule has 11 nitrogen and oxygen atoms in total. The second kappa shape index (κ2) is 18.1. The molecule has 1 unspecified atom stereocenters. The van der Waals surface area contributed by atoms with Crippen molar-refractivity contribution in [2.24, 2.45) is 0 Å². The van der Waals surface area contributed by atoms with Crippen LogP contribution in [0, 0.1) is 11.6 Å². The molecule has 0 aliphatic carbocycles. The summed E-state index contributed by atoms with van der Waals surface area (Å²) in [7, 11) is 1.19. The molecule has 296 valence electrons. The number of carbonyl (C=O) groups excluding carboxylic acids is 2. The minimum atomic E-state index is -4.99. The third kappa shape index (κ3) is 11.0. The van der Waals surface area contributed by atoms with Gasteiger partial charge in [0.1, 0.15) is 17.2 Å². The standard InChI is InChI=1S/C39H42F5N3O8/c1-6-53-33(48)18-11-21-54-31-16-8-7-12-25(31)30(45-36(50)55-38(2,3)4)19-20-47-35(49)26(24-13-9-17-32(52-5)34(24)41)22-46(37(47)51)23-27-28(39(42,43)44)14-10-15-29(27)40/h7-10,12-17,22,30H,6,11,18-21,23H2,1-5H3,(H,45,50). The predicted molar refractivity (Wildman–Crippen MR) is 192 cm³/mol. The maximum Gasteiger partial charge on any atom is 0.416 e. The Labute approximate surface area is 313 Å². The number of benzene rings is 3. The van der Waals surface area contributed by atoms with Crippen LogP contribution in [0.15, 0.2) is 76.4 Å². The molecule has 0 spiro atoms. The van der Waals surface area contributed by atoms with Gasteiger partial charge in [-0.15, -0.1) is 0 Å². The number of para-hydroxylation sites is 1. The number of nitrogens with one attached hydrogen (secondary N) is 1. The second-order valence-corrected chi connectivity index (χ2v) is 13.3. The Balaban J connectivity index is 1.82. The SMILES string of the molecule is CCOC(=O)CCCOc1ccccc1C(CCn1c(=O)c(-c2cccc(OC)c2F)cn(Cc2c(F)cccc2C(F)(F)F)c1=O)NC(=O)OC(C)(C)C. The van der Waals surface area contributed by atoms with E-state index in [1.54, 1.807) is 52.0 Å². The van der Waals surface area contributed by atoms with E-state index in [0.29, 0.717) is 32.9 Å². The van der Waals surface area contributed by atoms with Gasteiger partial charge in [-0.05, 0) is 64.8 Å². The smallest absolute Gasteiger partial charge is 0.416 e. The number of nitrogens with zero attached hydrogens (tertiary/aromatic N) is 2. The lowest BCUT2D eigenvalue weighted by Gasteiger charge is -2.25. The molecule has 1 atom stereocenters. The topological polar surface area (TPSA) is 127 Å². The van der Waals surface area contributed by atoms with Crippen LogP contribution in [-0.2, 0) is 33.5 Å². The van der Waals surface area contributed by atoms with Crippen molar-refractivity contribution in [1.82, 2.24) is 14.5 Å². The molecule has 4 aromatic rings. The van der Waals surface area contributed by atoms with E-state index in [1.165, 1.54) is 25.3 Å². The molecule has 16 heteroatoms. The first-order valence-electron chi connectivity index (χ1n) is 17.3. The van der Waals surface area contributed by atoms with Crippen LogP contribution in [-0.4, -0.2) is 47.1 Å². The quantitative estimate of drug-likeness (QED) is 0.0752. The van der Waals surface area contributed by atoms with Crippen LogP contribution in [0.3, 0.4) is 0 Å². The van der Waals surface area contributed by atoms with E-state index in [1.807, 2.05) is 0 Å². The summed E-state index contributed by atoms with van der Waals surface area (Å²) in [4.78, 5) is 53.0. The molecule has 0 radical (unpaired) electrons. The van der Waals surface area contributed by atoms with E-state index in [4.69, 9.17) is 18.9 Å². The van der Waals surface area contributed by atoms with Crippen molar-refractivity contribution >= 4 is 12.1 Å². The highest BCUT2D eigenvalue weighted by Gasteiger charge is 2.35. The summed E-state index contributed by atoms with van der Waals surface area (Å²) in [5, 5.41) is 2.73. The molecule has 1 amide bonds. The van der Waals surface area contributed by atoms with Crippen molar-refractivity contribution in [3.05, 3.63) is 116 Å². The molecule has 0 saturated heterocycles. The lowest BCUT2D eigenvalue weighted by Crippen LogP contribution is -2.42. The summed E-state index contributed by atoms with van der Waals surface area (Å²) in [6, 6.07) is 11.8. The van der Waals surface area contributed by atoms with Gasteiger partial charge in [0.25, 0.3) is 5.56 Å². The van der Waals surface area contributed by atoms with Gasteiger partial charge in [-0.3, -0.25) is 18.7 Å². The Hall–Kier alpha value is -5.67. The van der Waals surface area contributed by atoms with Crippen molar-refractivity contribution in [1.29, 1.82) is 0 Å². The molecule has 1 N–H and O–H groups in total. The highest BCUT2D eigenvalue weighted by molar-refractivity contribution is 5.69. The zero-order valence-electron chi connectivity index (χ0n) is 30.9. The second-order valence-electron chi connectivity index (χ2n) is 13.3. The number of hydrogen-bond acceptors (Lipinski definition) is 8. The van der Waals surface area contributed by atoms with Crippen LogP contribution >= 0.6 is 0 Å². The van der Waals surface area contributed by atoms with Gasteiger partial charge in [0.15, 0.2) is 11.6 Å². The van der Waals surface area contributed by atoms with Crippen molar-refractivity contribution < 1.29 is 50.5 Å². The zero-order valence-corrected chi connectivity index (χ0v) is 30.9. The number of hydrogen-bond donors (Lipinski definition) is 1. The first-order valence-corrected chi connectivity index (χ1v) is 17.3. The van der Waals surface area contributed by atoms with Crippen LogP contribution in [0.2, 0.25) is 0 Å². The average molecular weight is 776 g/mol. The number of rotatable bonds is 15. The van der Waals surface area contributed by atoms with Crippen molar-refractivity contribution in [2.45, 2.75) is 77.9 Å². The third-order valence-corrected chi connectivity index (χ3v) is 8.18. The van der Waals surface area contributed by atoms with Gasteiger partial charge in [0, 0.05) is 35.9 Å². The van der Waals surface area contributed by atoms with Crippen LogP contribution in [0.25, 0.3) is 11.1 Å². The van der Waals surface area contributed by atoms with Crippen molar-refractivity contribution in [3.63, 3.8) is 0 Å². The molecule has 4 rings (SSSR count). The first-order chi connectivity index (χ1) is 25.9. The van der Waals surface area contributed by atoms with E-state index in [9.17, 15) is 32.3 Å². The van der Waals surface area contributed by atoms with Crippen LogP contribution in [0.1, 0.15) is 69.7 Å². The Morgan fingerprint density at radius 1 is 0.909 bits per heavy atom. The largest absolute Gasteiger partial charge is 0.494 e. The third-order valence-electron chi connectivity index (χ3n) is 8.18. The Morgan fingerprint density at radius 3 is 2.27 bits per heavy atom. The Morgan fingerprint density at radius 2 is 1.60 bits per heavy atom. The monoisotopic (exact) mass is 775 g/mol. The van der Waals surface area contributed by atoms with Gasteiger partial charge < -0.3 is 24.3 Å². The molecule has 1 heterocycles. The van der Waals surface area contributed by atoms with E-state index in [0.717, 1.165) is 18.3 Å². The average Bonchev–Trinajstić information content (AvgIpc) is 3.10. The molecule has 0 bridgehead atoms. The molecule has 0 fully saturated rings. The molecule has 0 saturated carbocycles. The number of amides is 1. The van der Waals surface area contributed by atoms with Gasteiger partial charge in [0.05, 0.1) is 44.0 Å². The molecule has 3 aromatic carbocycles. The summed E-state index contributed by atoms with van der Waals surface area (Å²) in [6.07, 6.45) is -4.78. The number of carbonyl (C=O) groups is 2. The molecule has 55 heavy (non-hydrogen) atoms. The fourth-order valence-corrected chi connectivity index (χ4v) is 5.73. The lowest BCUT2D eigenvalue weighted by molar-refractivity contribution is -0.143. The molecule has 0 aliphatic heterocycles. The van der Waals surface area contributed by atoms with Gasteiger partial charge in [-0.2, -0.15) is 13.2 Å². The summed E-state index contributed by atoms with van der Waals surface area (Å²) in [5.41, 5.74) is -5.65. The van der Waals surface area contributed by atoms with Gasteiger partial charge in [-0.1, -0.05) is 36.4 Å². The number of aromatic nitrogens is 2. The van der Waals surface area contributed by atoms with Crippen LogP contribution in [0.5, 0.6) is 11.5 Å². The molecule has 1 aromatic heterocycles. The Kier molecular flexibility index (Phi) is 13.9. The summed E-state index contributed by atoms with van der Waals surface area (Å²) >= 11 is 0. The fourth-order valence-electron chi connectivity index (χ4n) is 5.73. The highest BCUT2D eigenvalue weighted by atomic mass is 19.4. The minimum absolute atomic E-state index is 0.0866. The van der Waals surface area contributed by atoms with Crippen LogP contribution < -0.4 is 26.0 Å².